The molecule has 0 aromatic heterocycles. The van der Waals surface area contributed by atoms with Crippen molar-refractivity contribution in [3.05, 3.63) is 0 Å². The van der Waals surface area contributed by atoms with Gasteiger partial charge < -0.3 is 10.5 Å². The van der Waals surface area contributed by atoms with Gasteiger partial charge in [0.2, 0.25) is 0 Å². The van der Waals surface area contributed by atoms with Crippen LogP contribution in [0.5, 0.6) is 0 Å². The second-order valence-corrected chi connectivity index (χ2v) is 3.65. The van der Waals surface area contributed by atoms with Crippen LogP contribution in [0.3, 0.4) is 0 Å². The summed E-state index contributed by atoms with van der Waals surface area (Å²) in [7, 11) is 0. The van der Waals surface area contributed by atoms with E-state index in [0.29, 0.717) is 0 Å². The van der Waals surface area contributed by atoms with Crippen LogP contribution in [0.15, 0.2) is 0 Å². The zero-order chi connectivity index (χ0) is 11.9. The van der Waals surface area contributed by atoms with Gasteiger partial charge in [-0.25, -0.2) is 13.6 Å². The van der Waals surface area contributed by atoms with Crippen molar-refractivity contribution >= 4 is 5.97 Å². The Morgan fingerprint density at radius 2 is 1.80 bits per heavy atom. The van der Waals surface area contributed by atoms with Gasteiger partial charge in [-0.1, -0.05) is 0 Å². The van der Waals surface area contributed by atoms with Gasteiger partial charge >= 0.3 is 12.1 Å². The summed E-state index contributed by atoms with van der Waals surface area (Å²) in [4.78, 5) is 10.2. The molecule has 3 nitrogen and oxygen atoms in total. The van der Waals surface area contributed by atoms with Gasteiger partial charge in [-0.2, -0.15) is 13.2 Å². The van der Waals surface area contributed by atoms with Gasteiger partial charge in [0.05, 0.1) is 5.54 Å². The number of hydrogen-bond acceptors (Lipinski definition) is 3. The zero-order valence-corrected chi connectivity index (χ0v) is 7.40. The van der Waals surface area contributed by atoms with Crippen molar-refractivity contribution in [3.63, 3.8) is 0 Å². The highest BCUT2D eigenvalue weighted by Crippen LogP contribution is 2.44. The Labute approximate surface area is 81.4 Å². The molecule has 0 bridgehead atoms. The van der Waals surface area contributed by atoms with E-state index in [4.69, 9.17) is 5.73 Å². The second kappa shape index (κ2) is 3.29. The Morgan fingerprint density at radius 3 is 2.13 bits per heavy atom. The number of alkyl halides is 5. The van der Waals surface area contributed by atoms with Crippen LogP contribution in [-0.4, -0.2) is 30.2 Å². The highest BCUT2D eigenvalue weighted by atomic mass is 19.4. The molecule has 1 aliphatic rings. The fourth-order valence-electron chi connectivity index (χ4n) is 1.37. The third kappa shape index (κ3) is 3.01. The van der Waals surface area contributed by atoms with Crippen LogP contribution in [0.4, 0.5) is 22.0 Å². The smallest absolute Gasteiger partial charge is 0.457 e. The first-order valence-electron chi connectivity index (χ1n) is 3.95. The molecule has 0 aromatic rings. The molecule has 0 amide bonds. The molecule has 2 N–H and O–H groups in total. The Morgan fingerprint density at radius 1 is 1.33 bits per heavy atom. The molecule has 1 rings (SSSR count). The lowest BCUT2D eigenvalue weighted by Gasteiger charge is -2.43. The molecule has 1 fully saturated rings. The molecule has 0 aliphatic heterocycles. The molecule has 1 saturated carbocycles. The van der Waals surface area contributed by atoms with Crippen LogP contribution in [-0.2, 0) is 9.53 Å². The third-order valence-corrected chi connectivity index (χ3v) is 1.94. The van der Waals surface area contributed by atoms with E-state index in [0.717, 1.165) is 0 Å². The topological polar surface area (TPSA) is 52.3 Å². The van der Waals surface area contributed by atoms with Gasteiger partial charge in [-0.15, -0.1) is 0 Å². The Balaban J connectivity index is 2.37. The molecular formula is C7H8F5NO2. The molecule has 0 spiro atoms. The molecule has 1 aliphatic carbocycles. The standard InChI is InChI=1S/C7H8F5NO2/c8-6(9)1-5(13,2-6)3-15-4(14)7(10,11)12/h1-3,13H2. The second-order valence-electron chi connectivity index (χ2n) is 3.65. The minimum Gasteiger partial charge on any atom is -0.457 e. The Kier molecular flexibility index (Phi) is 2.67. The summed E-state index contributed by atoms with van der Waals surface area (Å²) in [6.07, 6.45) is -6.67. The molecular weight excluding hydrogens is 225 g/mol. The van der Waals surface area contributed by atoms with E-state index in [2.05, 4.69) is 4.74 Å². The van der Waals surface area contributed by atoms with Crippen molar-refractivity contribution in [3.8, 4) is 0 Å². The first kappa shape index (κ1) is 12.2. The van der Waals surface area contributed by atoms with E-state index in [1.165, 1.54) is 0 Å². The van der Waals surface area contributed by atoms with E-state index in [1.54, 1.807) is 0 Å². The minimum atomic E-state index is -5.12. The normalized spacial score (nSPS) is 23.1. The molecule has 88 valence electrons. The van der Waals surface area contributed by atoms with E-state index < -0.39 is 43.1 Å². The van der Waals surface area contributed by atoms with Crippen LogP contribution in [0.25, 0.3) is 0 Å². The quantitative estimate of drug-likeness (QED) is 0.576. The predicted molar refractivity (Wildman–Crippen MR) is 38.1 cm³/mol. The molecule has 0 saturated heterocycles. The summed E-state index contributed by atoms with van der Waals surface area (Å²) in [6.45, 7) is -0.846. The van der Waals surface area contributed by atoms with E-state index in [-0.39, 0.29) is 0 Å². The number of carbonyl (C=O) groups is 1. The van der Waals surface area contributed by atoms with Crippen LogP contribution in [0, 0.1) is 0 Å². The van der Waals surface area contributed by atoms with Crippen molar-refractivity contribution in [1.29, 1.82) is 0 Å². The SMILES string of the molecule is NC1(COC(=O)C(F)(F)F)CC(F)(F)C1. The van der Waals surface area contributed by atoms with E-state index in [1.807, 2.05) is 0 Å². The molecule has 0 heterocycles. The fourth-order valence-corrected chi connectivity index (χ4v) is 1.37. The maximum absolute atomic E-state index is 12.3. The molecule has 8 heteroatoms. The molecule has 0 aromatic carbocycles. The third-order valence-electron chi connectivity index (χ3n) is 1.94. The molecule has 0 radical (unpaired) electrons. The molecule has 0 atom stereocenters. The van der Waals surface area contributed by atoms with Crippen LogP contribution in [0.2, 0.25) is 0 Å². The lowest BCUT2D eigenvalue weighted by atomic mass is 9.75. The van der Waals surface area contributed by atoms with Crippen LogP contribution in [0.1, 0.15) is 12.8 Å². The monoisotopic (exact) mass is 233 g/mol. The summed E-state index contributed by atoms with van der Waals surface area (Å²) < 4.78 is 63.4. The van der Waals surface area contributed by atoms with Crippen LogP contribution < -0.4 is 5.73 Å². The maximum atomic E-state index is 12.3. The fraction of sp³-hybridized carbons (Fsp3) is 0.857. The summed E-state index contributed by atoms with van der Waals surface area (Å²) in [5, 5.41) is 0. The maximum Gasteiger partial charge on any atom is 0.490 e. The van der Waals surface area contributed by atoms with Crippen molar-refractivity contribution in [2.24, 2.45) is 5.73 Å². The highest BCUT2D eigenvalue weighted by Gasteiger charge is 2.55. The summed E-state index contributed by atoms with van der Waals surface area (Å²) >= 11 is 0. The molecule has 15 heavy (non-hydrogen) atoms. The first-order valence-corrected chi connectivity index (χ1v) is 3.95. The number of carbonyl (C=O) groups excluding carboxylic acids is 1. The lowest BCUT2D eigenvalue weighted by molar-refractivity contribution is -0.207. The van der Waals surface area contributed by atoms with Gasteiger partial charge in [0.15, 0.2) is 0 Å². The van der Waals surface area contributed by atoms with Gasteiger partial charge in [-0.3, -0.25) is 0 Å². The van der Waals surface area contributed by atoms with Crippen molar-refractivity contribution in [2.45, 2.75) is 30.5 Å². The van der Waals surface area contributed by atoms with Crippen LogP contribution >= 0.6 is 0 Å². The summed E-state index contributed by atoms with van der Waals surface area (Å²) in [5.74, 6) is -5.39. The van der Waals surface area contributed by atoms with Gasteiger partial charge in [0.25, 0.3) is 5.92 Å². The first-order chi connectivity index (χ1) is 6.54. The van der Waals surface area contributed by atoms with E-state index >= 15 is 0 Å². The average molecular weight is 233 g/mol. The number of esters is 1. The van der Waals surface area contributed by atoms with Gasteiger partial charge in [0.1, 0.15) is 6.61 Å². The number of halogens is 5. The molecule has 0 unspecified atom stereocenters. The number of hydrogen-bond donors (Lipinski definition) is 1. The van der Waals surface area contributed by atoms with Crippen molar-refractivity contribution in [2.75, 3.05) is 6.61 Å². The minimum absolute atomic E-state index is 0.773. The van der Waals surface area contributed by atoms with Crippen molar-refractivity contribution in [1.82, 2.24) is 0 Å². The Bertz CT molecular complexity index is 267. The zero-order valence-electron chi connectivity index (χ0n) is 7.40. The lowest BCUT2D eigenvalue weighted by Crippen LogP contribution is -2.61. The summed E-state index contributed by atoms with van der Waals surface area (Å²) in [5.41, 5.74) is 3.71. The average Bonchev–Trinajstić information content (AvgIpc) is 1.94. The van der Waals surface area contributed by atoms with Gasteiger partial charge in [0, 0.05) is 12.8 Å². The van der Waals surface area contributed by atoms with Gasteiger partial charge in [-0.05, 0) is 0 Å². The number of ether oxygens (including phenoxy) is 1. The highest BCUT2D eigenvalue weighted by molar-refractivity contribution is 5.75. The number of rotatable bonds is 2. The summed E-state index contributed by atoms with van der Waals surface area (Å²) in [6, 6.07) is 0. The largest absolute Gasteiger partial charge is 0.490 e. The van der Waals surface area contributed by atoms with Crippen molar-refractivity contribution < 1.29 is 31.5 Å². The predicted octanol–water partition coefficient (Wildman–Crippen LogP) is 1.22. The van der Waals surface area contributed by atoms with E-state index in [9.17, 15) is 26.7 Å². The number of nitrogens with two attached hydrogens (primary N) is 1. The Hall–Kier alpha value is -0.920.